The Morgan fingerprint density at radius 2 is 1.92 bits per heavy atom. The Balaban J connectivity index is 1.79. The first kappa shape index (κ1) is 17.6. The number of nitrogens with one attached hydrogen (secondary N) is 1. The molecule has 0 bridgehead atoms. The normalized spacial score (nSPS) is 11.0. The number of rotatable bonds is 6. The molecular weight excluding hydrogens is 330 g/mol. The number of fused-ring (bicyclic) bond motifs is 1. The lowest BCUT2D eigenvalue weighted by Gasteiger charge is -2.10. The molecule has 5 nitrogen and oxygen atoms in total. The molecule has 0 unspecified atom stereocenters. The van der Waals surface area contributed by atoms with Crippen molar-refractivity contribution in [3.8, 4) is 17.2 Å². The van der Waals surface area contributed by atoms with Gasteiger partial charge in [-0.2, -0.15) is 0 Å². The summed E-state index contributed by atoms with van der Waals surface area (Å²) < 4.78 is 16.1. The van der Waals surface area contributed by atoms with E-state index in [0.29, 0.717) is 11.5 Å². The third-order valence-electron chi connectivity index (χ3n) is 4.08. The van der Waals surface area contributed by atoms with E-state index in [9.17, 15) is 4.79 Å². The van der Waals surface area contributed by atoms with Crippen LogP contribution in [0.4, 0.5) is 0 Å². The molecule has 2 aromatic carbocycles. The summed E-state index contributed by atoms with van der Waals surface area (Å²) in [6.45, 7) is 1.94. The van der Waals surface area contributed by atoms with Crippen LogP contribution in [0, 0.1) is 0 Å². The molecule has 0 fully saturated rings. The van der Waals surface area contributed by atoms with Crippen LogP contribution in [-0.2, 0) is 11.2 Å². The van der Waals surface area contributed by atoms with Gasteiger partial charge in [-0.25, -0.2) is 0 Å². The molecular formula is C21H21NO4. The average molecular weight is 351 g/mol. The summed E-state index contributed by atoms with van der Waals surface area (Å²) in [6.07, 6.45) is 5.85. The molecule has 0 atom stereocenters. The van der Waals surface area contributed by atoms with Gasteiger partial charge in [0.25, 0.3) is 0 Å². The number of benzene rings is 2. The van der Waals surface area contributed by atoms with Crippen molar-refractivity contribution in [1.82, 2.24) is 4.98 Å². The van der Waals surface area contributed by atoms with Crippen LogP contribution in [0.3, 0.4) is 0 Å². The first-order valence-corrected chi connectivity index (χ1v) is 8.30. The van der Waals surface area contributed by atoms with Gasteiger partial charge in [0.15, 0.2) is 11.5 Å². The lowest BCUT2D eigenvalue weighted by atomic mass is 10.1. The maximum atomic E-state index is 12.4. The Hall–Kier alpha value is -3.21. The van der Waals surface area contributed by atoms with Crippen LogP contribution in [0.25, 0.3) is 17.0 Å². The summed E-state index contributed by atoms with van der Waals surface area (Å²) in [5.74, 6) is 1.32. The predicted molar refractivity (Wildman–Crippen MR) is 102 cm³/mol. The van der Waals surface area contributed by atoms with E-state index in [1.807, 2.05) is 55.6 Å². The summed E-state index contributed by atoms with van der Waals surface area (Å²) in [5, 5.41) is 0.941. The van der Waals surface area contributed by atoms with E-state index in [4.69, 9.17) is 14.2 Å². The number of hydrogen-bond acceptors (Lipinski definition) is 4. The lowest BCUT2D eigenvalue weighted by Crippen LogP contribution is -2.11. The average Bonchev–Trinajstić information content (AvgIpc) is 3.05. The highest BCUT2D eigenvalue weighted by atomic mass is 16.6. The van der Waals surface area contributed by atoms with E-state index in [0.717, 1.165) is 27.8 Å². The molecule has 3 rings (SSSR count). The monoisotopic (exact) mass is 351 g/mol. The smallest absolute Gasteiger partial charge is 0.315 e. The van der Waals surface area contributed by atoms with Crippen LogP contribution in [0.1, 0.15) is 18.1 Å². The highest BCUT2D eigenvalue weighted by molar-refractivity contribution is 5.89. The first-order chi connectivity index (χ1) is 12.6. The Morgan fingerprint density at radius 3 is 2.65 bits per heavy atom. The number of hydrogen-bond donors (Lipinski definition) is 1. The molecule has 0 saturated heterocycles. The van der Waals surface area contributed by atoms with E-state index in [1.165, 1.54) is 0 Å². The number of aromatic nitrogens is 1. The molecule has 0 aliphatic carbocycles. The molecule has 0 aliphatic heterocycles. The van der Waals surface area contributed by atoms with Gasteiger partial charge in [0.05, 0.1) is 20.6 Å². The van der Waals surface area contributed by atoms with E-state index < -0.39 is 0 Å². The number of ether oxygens (including phenoxy) is 3. The van der Waals surface area contributed by atoms with E-state index in [-0.39, 0.29) is 12.4 Å². The quantitative estimate of drug-likeness (QED) is 0.529. The van der Waals surface area contributed by atoms with Crippen molar-refractivity contribution in [2.45, 2.75) is 13.3 Å². The first-order valence-electron chi connectivity index (χ1n) is 8.30. The fourth-order valence-electron chi connectivity index (χ4n) is 2.81. The number of carbonyl (C=O) groups is 1. The molecule has 1 aromatic heterocycles. The Labute approximate surface area is 152 Å². The molecule has 0 saturated carbocycles. The maximum absolute atomic E-state index is 12.4. The number of esters is 1. The summed E-state index contributed by atoms with van der Waals surface area (Å²) in [5.41, 5.74) is 2.78. The summed E-state index contributed by atoms with van der Waals surface area (Å²) >= 11 is 0. The van der Waals surface area contributed by atoms with Crippen LogP contribution in [0.5, 0.6) is 17.2 Å². The lowest BCUT2D eigenvalue weighted by molar-refractivity contribution is -0.133. The number of methoxy groups -OCH3 is 2. The van der Waals surface area contributed by atoms with Crippen molar-refractivity contribution in [1.29, 1.82) is 0 Å². The SMILES string of the molecule is C/C=C/c1ccc(OC(=O)Cc2c[nH]c3ccc(OC)cc23)c(OC)c1. The Bertz CT molecular complexity index is 956. The van der Waals surface area contributed by atoms with Crippen molar-refractivity contribution < 1.29 is 19.0 Å². The molecule has 0 aliphatic rings. The predicted octanol–water partition coefficient (Wildman–Crippen LogP) is 4.37. The zero-order valence-corrected chi connectivity index (χ0v) is 15.0. The zero-order valence-electron chi connectivity index (χ0n) is 15.0. The molecule has 1 heterocycles. The van der Waals surface area contributed by atoms with Gasteiger partial charge in [-0.15, -0.1) is 0 Å². The van der Waals surface area contributed by atoms with E-state index >= 15 is 0 Å². The minimum atomic E-state index is -0.356. The third-order valence-corrected chi connectivity index (χ3v) is 4.08. The highest BCUT2D eigenvalue weighted by Gasteiger charge is 2.14. The largest absolute Gasteiger partial charge is 0.497 e. The minimum absolute atomic E-state index is 0.146. The molecule has 134 valence electrons. The van der Waals surface area contributed by atoms with Crippen LogP contribution in [-0.4, -0.2) is 25.2 Å². The Kier molecular flexibility index (Phi) is 5.27. The molecule has 3 aromatic rings. The summed E-state index contributed by atoms with van der Waals surface area (Å²) in [6, 6.07) is 11.1. The molecule has 0 radical (unpaired) electrons. The van der Waals surface area contributed by atoms with Crippen LogP contribution < -0.4 is 14.2 Å². The molecule has 1 N–H and O–H groups in total. The van der Waals surface area contributed by atoms with Gasteiger partial charge < -0.3 is 19.2 Å². The molecule has 5 heteroatoms. The minimum Gasteiger partial charge on any atom is -0.497 e. The molecule has 0 amide bonds. The summed E-state index contributed by atoms with van der Waals surface area (Å²) in [4.78, 5) is 15.6. The fraction of sp³-hybridized carbons (Fsp3) is 0.190. The topological polar surface area (TPSA) is 60.6 Å². The second kappa shape index (κ2) is 7.78. The second-order valence-electron chi connectivity index (χ2n) is 5.79. The van der Waals surface area contributed by atoms with Crippen molar-refractivity contribution in [3.05, 3.63) is 59.8 Å². The zero-order chi connectivity index (χ0) is 18.5. The fourth-order valence-corrected chi connectivity index (χ4v) is 2.81. The van der Waals surface area contributed by atoms with Crippen LogP contribution in [0.15, 0.2) is 48.7 Å². The van der Waals surface area contributed by atoms with Crippen molar-refractivity contribution >= 4 is 22.9 Å². The Morgan fingerprint density at radius 1 is 1.08 bits per heavy atom. The van der Waals surface area contributed by atoms with Crippen LogP contribution in [0.2, 0.25) is 0 Å². The maximum Gasteiger partial charge on any atom is 0.315 e. The highest BCUT2D eigenvalue weighted by Crippen LogP contribution is 2.29. The molecule has 0 spiro atoms. The van der Waals surface area contributed by atoms with Crippen molar-refractivity contribution in [3.63, 3.8) is 0 Å². The van der Waals surface area contributed by atoms with Gasteiger partial charge in [-0.1, -0.05) is 18.2 Å². The van der Waals surface area contributed by atoms with Gasteiger partial charge in [0.2, 0.25) is 0 Å². The van der Waals surface area contributed by atoms with Crippen molar-refractivity contribution in [2.75, 3.05) is 14.2 Å². The molecule has 26 heavy (non-hydrogen) atoms. The van der Waals surface area contributed by atoms with Gasteiger partial charge in [-0.3, -0.25) is 4.79 Å². The van der Waals surface area contributed by atoms with Gasteiger partial charge >= 0.3 is 5.97 Å². The van der Waals surface area contributed by atoms with Gasteiger partial charge in [0.1, 0.15) is 5.75 Å². The summed E-state index contributed by atoms with van der Waals surface area (Å²) in [7, 11) is 3.17. The van der Waals surface area contributed by atoms with Gasteiger partial charge in [0, 0.05) is 17.1 Å². The standard InChI is InChI=1S/C21H21NO4/c1-4-5-14-6-9-19(20(10-14)25-3)26-21(23)11-15-13-22-18-8-7-16(24-2)12-17(15)18/h4-10,12-13,22H,11H2,1-3H3/b5-4+. The number of allylic oxidation sites excluding steroid dienone is 1. The number of H-pyrrole nitrogens is 1. The number of carbonyl (C=O) groups excluding carboxylic acids is 1. The second-order valence-corrected chi connectivity index (χ2v) is 5.79. The third kappa shape index (κ3) is 3.72. The van der Waals surface area contributed by atoms with E-state index in [2.05, 4.69) is 4.98 Å². The van der Waals surface area contributed by atoms with Crippen LogP contribution >= 0.6 is 0 Å². The van der Waals surface area contributed by atoms with E-state index in [1.54, 1.807) is 20.3 Å². The number of aromatic amines is 1. The van der Waals surface area contributed by atoms with Gasteiger partial charge in [-0.05, 0) is 48.4 Å². The van der Waals surface area contributed by atoms with Crippen molar-refractivity contribution in [2.24, 2.45) is 0 Å².